The van der Waals surface area contributed by atoms with Crippen LogP contribution in [0.1, 0.15) is 38.2 Å². The van der Waals surface area contributed by atoms with Crippen LogP contribution in [0.25, 0.3) is 0 Å². The Kier molecular flexibility index (Phi) is 4.96. The van der Waals surface area contributed by atoms with Gasteiger partial charge in [-0.2, -0.15) is 0 Å². The molecule has 1 fully saturated rings. The first-order chi connectivity index (χ1) is 9.74. The lowest BCUT2D eigenvalue weighted by Crippen LogP contribution is -2.53. The summed E-state index contributed by atoms with van der Waals surface area (Å²) in [5.41, 5.74) is 0.434. The van der Waals surface area contributed by atoms with Gasteiger partial charge in [-0.1, -0.05) is 43.8 Å². The molecule has 1 aliphatic rings. The highest BCUT2D eigenvalue weighted by molar-refractivity contribution is 5.87. The van der Waals surface area contributed by atoms with Gasteiger partial charge in [-0.25, -0.2) is 0 Å². The number of benzene rings is 1. The molecule has 1 aromatic rings. The molecule has 1 aromatic carbocycles. The molecule has 0 bridgehead atoms. The Morgan fingerprint density at radius 3 is 2.80 bits per heavy atom. The van der Waals surface area contributed by atoms with Gasteiger partial charge in [0.1, 0.15) is 0 Å². The fraction of sp³-hybridized carbons (Fsp3) is 0.471. The molecule has 0 aromatic heterocycles. The number of hydrogen-bond acceptors (Lipinski definition) is 2. The molecular weight excluding hydrogens is 250 g/mol. The second kappa shape index (κ2) is 6.71. The van der Waals surface area contributed by atoms with E-state index in [1.54, 1.807) is 0 Å². The fourth-order valence-electron chi connectivity index (χ4n) is 2.85. The van der Waals surface area contributed by atoms with Gasteiger partial charge in [-0.15, -0.1) is 0 Å². The summed E-state index contributed by atoms with van der Waals surface area (Å²) < 4.78 is 6.20. The molecule has 0 radical (unpaired) electrons. The monoisotopic (exact) mass is 273 g/mol. The van der Waals surface area contributed by atoms with Gasteiger partial charge >= 0.3 is 0 Å². The molecule has 0 aliphatic carbocycles. The molecule has 1 unspecified atom stereocenters. The van der Waals surface area contributed by atoms with E-state index in [-0.39, 0.29) is 5.91 Å². The van der Waals surface area contributed by atoms with E-state index >= 15 is 0 Å². The van der Waals surface area contributed by atoms with Gasteiger partial charge in [0.05, 0.1) is 0 Å². The Morgan fingerprint density at radius 1 is 1.40 bits per heavy atom. The second-order valence-electron chi connectivity index (χ2n) is 5.15. The SMILES string of the molecule is C=CC(=O)N1CCCCC1(OCCC)c1ccccc1. The minimum absolute atomic E-state index is 0.0512. The van der Waals surface area contributed by atoms with Gasteiger partial charge in [-0.3, -0.25) is 4.79 Å². The first kappa shape index (κ1) is 14.8. The summed E-state index contributed by atoms with van der Waals surface area (Å²) in [6.07, 6.45) is 5.25. The van der Waals surface area contributed by atoms with Crippen LogP contribution >= 0.6 is 0 Å². The summed E-state index contributed by atoms with van der Waals surface area (Å²) in [5, 5.41) is 0. The van der Waals surface area contributed by atoms with Gasteiger partial charge < -0.3 is 9.64 Å². The molecule has 20 heavy (non-hydrogen) atoms. The third kappa shape index (κ3) is 2.78. The maximum Gasteiger partial charge on any atom is 0.248 e. The summed E-state index contributed by atoms with van der Waals surface area (Å²) in [4.78, 5) is 14.1. The smallest absolute Gasteiger partial charge is 0.248 e. The fourth-order valence-corrected chi connectivity index (χ4v) is 2.85. The van der Waals surface area contributed by atoms with Crippen molar-refractivity contribution < 1.29 is 9.53 Å². The summed E-state index contributed by atoms with van der Waals surface area (Å²) >= 11 is 0. The minimum atomic E-state index is -0.624. The Labute approximate surface area is 121 Å². The van der Waals surface area contributed by atoms with E-state index in [0.29, 0.717) is 6.61 Å². The van der Waals surface area contributed by atoms with E-state index in [0.717, 1.165) is 37.8 Å². The molecule has 0 N–H and O–H groups in total. The lowest BCUT2D eigenvalue weighted by atomic mass is 9.90. The van der Waals surface area contributed by atoms with E-state index in [1.165, 1.54) is 6.08 Å². The van der Waals surface area contributed by atoms with Gasteiger partial charge in [0.15, 0.2) is 5.72 Å². The van der Waals surface area contributed by atoms with Crippen molar-refractivity contribution in [3.8, 4) is 0 Å². The zero-order valence-corrected chi connectivity index (χ0v) is 12.2. The zero-order valence-electron chi connectivity index (χ0n) is 12.2. The van der Waals surface area contributed by atoms with Crippen molar-refractivity contribution in [3.05, 3.63) is 48.6 Å². The van der Waals surface area contributed by atoms with Crippen LogP contribution in [-0.4, -0.2) is 24.0 Å². The number of carbonyl (C=O) groups is 1. The van der Waals surface area contributed by atoms with Crippen molar-refractivity contribution >= 4 is 5.91 Å². The van der Waals surface area contributed by atoms with E-state index < -0.39 is 5.72 Å². The Hall–Kier alpha value is -1.61. The van der Waals surface area contributed by atoms with Crippen molar-refractivity contribution in [2.45, 2.75) is 38.3 Å². The summed E-state index contributed by atoms with van der Waals surface area (Å²) in [5.74, 6) is -0.0512. The third-order valence-electron chi connectivity index (χ3n) is 3.79. The van der Waals surface area contributed by atoms with Crippen LogP contribution in [0, 0.1) is 0 Å². The van der Waals surface area contributed by atoms with Crippen LogP contribution in [0.3, 0.4) is 0 Å². The van der Waals surface area contributed by atoms with E-state index in [1.807, 2.05) is 35.2 Å². The van der Waals surface area contributed by atoms with Gasteiger partial charge in [0, 0.05) is 18.7 Å². The highest BCUT2D eigenvalue weighted by Crippen LogP contribution is 2.39. The molecule has 2 rings (SSSR count). The van der Waals surface area contributed by atoms with Gasteiger partial charge in [0.2, 0.25) is 5.91 Å². The molecule has 1 saturated heterocycles. The third-order valence-corrected chi connectivity index (χ3v) is 3.79. The van der Waals surface area contributed by atoms with Crippen LogP contribution in [-0.2, 0) is 15.3 Å². The lowest BCUT2D eigenvalue weighted by molar-refractivity contribution is -0.190. The Balaban J connectivity index is 2.42. The van der Waals surface area contributed by atoms with Crippen molar-refractivity contribution in [1.29, 1.82) is 0 Å². The largest absolute Gasteiger partial charge is 0.351 e. The van der Waals surface area contributed by atoms with Gasteiger partial charge in [0.25, 0.3) is 0 Å². The Morgan fingerprint density at radius 2 is 2.15 bits per heavy atom. The lowest BCUT2D eigenvalue weighted by Gasteiger charge is -2.46. The standard InChI is InChI=1S/C17H23NO2/c1-3-14-20-17(15-10-6-5-7-11-15)12-8-9-13-18(17)16(19)4-2/h4-7,10-11H,2-3,8-9,12-14H2,1H3. The van der Waals surface area contributed by atoms with Crippen LogP contribution in [0.2, 0.25) is 0 Å². The number of rotatable bonds is 5. The molecular formula is C17H23NO2. The average Bonchev–Trinajstić information content (AvgIpc) is 2.53. The summed E-state index contributed by atoms with van der Waals surface area (Å²) in [6.45, 7) is 7.09. The van der Waals surface area contributed by atoms with E-state index in [9.17, 15) is 4.79 Å². The molecule has 0 spiro atoms. The Bertz CT molecular complexity index is 457. The van der Waals surface area contributed by atoms with Crippen molar-refractivity contribution in [2.24, 2.45) is 0 Å². The van der Waals surface area contributed by atoms with Crippen LogP contribution in [0.15, 0.2) is 43.0 Å². The van der Waals surface area contributed by atoms with E-state index in [2.05, 4.69) is 13.5 Å². The summed E-state index contributed by atoms with van der Waals surface area (Å²) in [7, 11) is 0. The molecule has 1 aliphatic heterocycles. The number of piperidine rings is 1. The number of amides is 1. The quantitative estimate of drug-likeness (QED) is 0.769. The maximum absolute atomic E-state index is 12.2. The first-order valence-corrected chi connectivity index (χ1v) is 7.38. The van der Waals surface area contributed by atoms with E-state index in [4.69, 9.17) is 4.74 Å². The number of nitrogens with zero attached hydrogens (tertiary/aromatic N) is 1. The van der Waals surface area contributed by atoms with Crippen molar-refractivity contribution in [2.75, 3.05) is 13.2 Å². The molecule has 1 amide bonds. The number of hydrogen-bond donors (Lipinski definition) is 0. The van der Waals surface area contributed by atoms with Crippen LogP contribution < -0.4 is 0 Å². The van der Waals surface area contributed by atoms with Crippen molar-refractivity contribution in [3.63, 3.8) is 0 Å². The molecule has 1 heterocycles. The maximum atomic E-state index is 12.2. The predicted molar refractivity (Wildman–Crippen MR) is 80.1 cm³/mol. The molecule has 0 saturated carbocycles. The topological polar surface area (TPSA) is 29.5 Å². The molecule has 3 heteroatoms. The predicted octanol–water partition coefficient (Wildman–Crippen LogP) is 3.46. The average molecular weight is 273 g/mol. The normalized spacial score (nSPS) is 22.6. The summed E-state index contributed by atoms with van der Waals surface area (Å²) in [6, 6.07) is 10.1. The van der Waals surface area contributed by atoms with Crippen LogP contribution in [0.5, 0.6) is 0 Å². The highest BCUT2D eigenvalue weighted by Gasteiger charge is 2.43. The first-order valence-electron chi connectivity index (χ1n) is 7.38. The number of ether oxygens (including phenoxy) is 1. The number of likely N-dealkylation sites (tertiary alicyclic amines) is 1. The zero-order chi connectivity index (χ0) is 14.4. The van der Waals surface area contributed by atoms with Crippen molar-refractivity contribution in [1.82, 2.24) is 4.90 Å². The molecule has 3 nitrogen and oxygen atoms in total. The molecule has 1 atom stereocenters. The number of carbonyl (C=O) groups excluding carboxylic acids is 1. The molecule has 108 valence electrons. The minimum Gasteiger partial charge on any atom is -0.351 e. The highest BCUT2D eigenvalue weighted by atomic mass is 16.5. The van der Waals surface area contributed by atoms with Crippen LogP contribution in [0.4, 0.5) is 0 Å². The second-order valence-corrected chi connectivity index (χ2v) is 5.15. The van der Waals surface area contributed by atoms with Gasteiger partial charge in [-0.05, 0) is 31.8 Å².